The third kappa shape index (κ3) is 4.04. The van der Waals surface area contributed by atoms with Gasteiger partial charge in [0.05, 0.1) is 0 Å². The molecule has 0 bridgehead atoms. The van der Waals surface area contributed by atoms with Crippen LogP contribution in [0.2, 0.25) is 0 Å². The number of carbonyl (C=O) groups excluding carboxylic acids is 1. The number of benzene rings is 1. The van der Waals surface area contributed by atoms with Gasteiger partial charge in [-0.3, -0.25) is 4.79 Å². The van der Waals surface area contributed by atoms with E-state index in [2.05, 4.69) is 5.32 Å². The summed E-state index contributed by atoms with van der Waals surface area (Å²) in [7, 11) is 0. The Hall–Kier alpha value is -1.55. The average Bonchev–Trinajstić information content (AvgIpc) is 3.11. The summed E-state index contributed by atoms with van der Waals surface area (Å²) in [6, 6.07) is 8.17. The lowest BCUT2D eigenvalue weighted by atomic mass is 10.1. The molecular weight excluding hydrogens is 228 g/mol. The molecule has 1 saturated carbocycles. The lowest BCUT2D eigenvalue weighted by Crippen LogP contribution is -2.30. The predicted molar refractivity (Wildman–Crippen MR) is 70.5 cm³/mol. The summed E-state index contributed by atoms with van der Waals surface area (Å²) in [5, 5.41) is 2.90. The summed E-state index contributed by atoms with van der Waals surface area (Å²) in [6.45, 7) is 2.03. The van der Waals surface area contributed by atoms with Crippen molar-refractivity contribution in [3.8, 4) is 5.75 Å². The smallest absolute Gasteiger partial charge is 0.258 e. The number of amides is 1. The van der Waals surface area contributed by atoms with Crippen LogP contribution in [-0.2, 0) is 11.2 Å². The van der Waals surface area contributed by atoms with E-state index in [4.69, 9.17) is 10.5 Å². The standard InChI is InChI=1S/C14H20N2O2/c1-10(15)8-11-4-2-3-5-13(11)18-9-14(17)16-12-6-7-12/h2-5,10,12H,6-9,15H2,1H3,(H,16,17). The normalized spacial score (nSPS) is 16.1. The van der Waals surface area contributed by atoms with Crippen LogP contribution in [0.3, 0.4) is 0 Å². The first-order chi connectivity index (χ1) is 8.65. The summed E-state index contributed by atoms with van der Waals surface area (Å²) < 4.78 is 5.56. The van der Waals surface area contributed by atoms with Crippen LogP contribution in [0, 0.1) is 0 Å². The number of rotatable bonds is 6. The number of carbonyl (C=O) groups is 1. The number of hydrogen-bond donors (Lipinski definition) is 2. The van der Waals surface area contributed by atoms with Crippen molar-refractivity contribution >= 4 is 5.91 Å². The van der Waals surface area contributed by atoms with E-state index in [0.717, 1.165) is 30.6 Å². The van der Waals surface area contributed by atoms with Gasteiger partial charge in [0.2, 0.25) is 0 Å². The van der Waals surface area contributed by atoms with E-state index in [1.54, 1.807) is 0 Å². The molecule has 1 aromatic carbocycles. The molecular formula is C14H20N2O2. The SMILES string of the molecule is CC(N)Cc1ccccc1OCC(=O)NC1CC1. The molecule has 0 spiro atoms. The zero-order chi connectivity index (χ0) is 13.0. The minimum atomic E-state index is -0.0481. The molecule has 1 aliphatic rings. The summed E-state index contributed by atoms with van der Waals surface area (Å²) in [6.07, 6.45) is 2.93. The third-order valence-corrected chi connectivity index (χ3v) is 2.82. The number of nitrogens with two attached hydrogens (primary N) is 1. The van der Waals surface area contributed by atoms with Crippen molar-refractivity contribution in [1.29, 1.82) is 0 Å². The van der Waals surface area contributed by atoms with Gasteiger partial charge in [0.1, 0.15) is 5.75 Å². The molecule has 4 nitrogen and oxygen atoms in total. The maximum absolute atomic E-state index is 11.5. The molecule has 1 aromatic rings. The van der Waals surface area contributed by atoms with E-state index in [9.17, 15) is 4.79 Å². The van der Waals surface area contributed by atoms with Crippen LogP contribution in [0.1, 0.15) is 25.3 Å². The molecule has 3 N–H and O–H groups in total. The van der Waals surface area contributed by atoms with Gasteiger partial charge < -0.3 is 15.8 Å². The summed E-state index contributed by atoms with van der Waals surface area (Å²) in [5.41, 5.74) is 6.84. The zero-order valence-corrected chi connectivity index (χ0v) is 10.7. The Kier molecular flexibility index (Phi) is 4.20. The van der Waals surface area contributed by atoms with Gasteiger partial charge in [-0.1, -0.05) is 18.2 Å². The molecule has 1 atom stereocenters. The maximum atomic E-state index is 11.5. The van der Waals surface area contributed by atoms with E-state index in [1.165, 1.54) is 0 Å². The van der Waals surface area contributed by atoms with Gasteiger partial charge in [-0.25, -0.2) is 0 Å². The number of nitrogens with one attached hydrogen (secondary N) is 1. The lowest BCUT2D eigenvalue weighted by molar-refractivity contribution is -0.123. The van der Waals surface area contributed by atoms with Crippen LogP contribution in [0.5, 0.6) is 5.75 Å². The van der Waals surface area contributed by atoms with Gasteiger partial charge in [-0.15, -0.1) is 0 Å². The van der Waals surface area contributed by atoms with Crippen molar-refractivity contribution in [3.63, 3.8) is 0 Å². The molecule has 18 heavy (non-hydrogen) atoms. The molecule has 98 valence electrons. The second kappa shape index (κ2) is 5.87. The van der Waals surface area contributed by atoms with Crippen molar-refractivity contribution in [2.75, 3.05) is 6.61 Å². The molecule has 4 heteroatoms. The third-order valence-electron chi connectivity index (χ3n) is 2.82. The molecule has 0 aliphatic heterocycles. The molecule has 0 heterocycles. The van der Waals surface area contributed by atoms with E-state index < -0.39 is 0 Å². The van der Waals surface area contributed by atoms with Crippen LogP contribution in [0.25, 0.3) is 0 Å². The Morgan fingerprint density at radius 3 is 2.89 bits per heavy atom. The quantitative estimate of drug-likeness (QED) is 0.796. The van der Waals surface area contributed by atoms with Crippen molar-refractivity contribution in [2.24, 2.45) is 5.73 Å². The average molecular weight is 248 g/mol. The second-order valence-electron chi connectivity index (χ2n) is 4.92. The highest BCUT2D eigenvalue weighted by Crippen LogP contribution is 2.20. The fraction of sp³-hybridized carbons (Fsp3) is 0.500. The van der Waals surface area contributed by atoms with Gasteiger partial charge in [0.15, 0.2) is 6.61 Å². The largest absolute Gasteiger partial charge is 0.483 e. The first-order valence-electron chi connectivity index (χ1n) is 6.41. The number of para-hydroxylation sites is 1. The van der Waals surface area contributed by atoms with E-state index in [0.29, 0.717) is 6.04 Å². The Morgan fingerprint density at radius 2 is 2.22 bits per heavy atom. The van der Waals surface area contributed by atoms with Crippen LogP contribution >= 0.6 is 0 Å². The Balaban J connectivity index is 1.88. The molecule has 1 aliphatic carbocycles. The molecule has 2 rings (SSSR count). The summed E-state index contributed by atoms with van der Waals surface area (Å²) in [4.78, 5) is 11.5. The van der Waals surface area contributed by atoms with Crippen LogP contribution in [0.15, 0.2) is 24.3 Å². The predicted octanol–water partition coefficient (Wildman–Crippen LogP) is 1.23. The van der Waals surface area contributed by atoms with Gasteiger partial charge in [-0.05, 0) is 37.8 Å². The summed E-state index contributed by atoms with van der Waals surface area (Å²) >= 11 is 0. The molecule has 0 saturated heterocycles. The number of ether oxygens (including phenoxy) is 1. The highest BCUT2D eigenvalue weighted by Gasteiger charge is 2.23. The van der Waals surface area contributed by atoms with E-state index in [-0.39, 0.29) is 18.6 Å². The molecule has 0 radical (unpaired) electrons. The first-order valence-corrected chi connectivity index (χ1v) is 6.41. The highest BCUT2D eigenvalue weighted by atomic mass is 16.5. The summed E-state index contributed by atoms with van der Waals surface area (Å²) in [5.74, 6) is 0.703. The van der Waals surface area contributed by atoms with Crippen molar-refractivity contribution < 1.29 is 9.53 Å². The first kappa shape index (κ1) is 12.9. The zero-order valence-electron chi connectivity index (χ0n) is 10.7. The fourth-order valence-corrected chi connectivity index (χ4v) is 1.80. The minimum Gasteiger partial charge on any atom is -0.483 e. The monoisotopic (exact) mass is 248 g/mol. The molecule has 1 fully saturated rings. The van der Waals surface area contributed by atoms with Crippen LogP contribution < -0.4 is 15.8 Å². The topological polar surface area (TPSA) is 64.3 Å². The second-order valence-corrected chi connectivity index (χ2v) is 4.92. The Morgan fingerprint density at radius 1 is 1.50 bits per heavy atom. The Bertz CT molecular complexity index is 414. The van der Waals surface area contributed by atoms with Crippen molar-refractivity contribution in [1.82, 2.24) is 5.32 Å². The van der Waals surface area contributed by atoms with Crippen LogP contribution in [-0.4, -0.2) is 24.6 Å². The molecule has 1 amide bonds. The lowest BCUT2D eigenvalue weighted by Gasteiger charge is -2.12. The maximum Gasteiger partial charge on any atom is 0.258 e. The highest BCUT2D eigenvalue weighted by molar-refractivity contribution is 5.78. The van der Waals surface area contributed by atoms with E-state index >= 15 is 0 Å². The Labute approximate surface area is 108 Å². The van der Waals surface area contributed by atoms with Crippen LogP contribution in [0.4, 0.5) is 0 Å². The fourth-order valence-electron chi connectivity index (χ4n) is 1.80. The van der Waals surface area contributed by atoms with Crippen molar-refractivity contribution in [2.45, 2.75) is 38.3 Å². The van der Waals surface area contributed by atoms with Gasteiger partial charge in [0.25, 0.3) is 5.91 Å². The van der Waals surface area contributed by atoms with Crippen molar-refractivity contribution in [3.05, 3.63) is 29.8 Å². The van der Waals surface area contributed by atoms with Gasteiger partial charge in [-0.2, -0.15) is 0 Å². The molecule has 1 unspecified atom stereocenters. The number of hydrogen-bond acceptors (Lipinski definition) is 3. The van der Waals surface area contributed by atoms with Gasteiger partial charge in [0, 0.05) is 12.1 Å². The minimum absolute atomic E-state index is 0.0481. The van der Waals surface area contributed by atoms with E-state index in [1.807, 2.05) is 31.2 Å². The molecule has 0 aromatic heterocycles. The van der Waals surface area contributed by atoms with Gasteiger partial charge >= 0.3 is 0 Å².